The molecule has 1 N–H and O–H groups in total. The number of methoxy groups -OCH3 is 1. The first-order valence-corrected chi connectivity index (χ1v) is 10.1. The summed E-state index contributed by atoms with van der Waals surface area (Å²) < 4.78 is 29.3. The summed E-state index contributed by atoms with van der Waals surface area (Å²) in [6.45, 7) is 4.93. The molecule has 1 aromatic heterocycles. The standard InChI is InChI=1S/C23H26FN3O4/c1-15(2)16-4-6-17(7-5-16)23-26-22(31-27-23)11-10-21(28)25-19-14-18(24)8-9-20(19)30-13-12-29-3/h4-9,14-15H,10-13H2,1-3H3,(H,25,28). The van der Waals surface area contributed by atoms with Gasteiger partial charge in [-0.25, -0.2) is 4.39 Å². The third-order valence-corrected chi connectivity index (χ3v) is 4.63. The van der Waals surface area contributed by atoms with Gasteiger partial charge in [0.25, 0.3) is 0 Å². The predicted octanol–water partition coefficient (Wildman–Crippen LogP) is 4.60. The number of ether oxygens (including phenoxy) is 2. The lowest BCUT2D eigenvalue weighted by molar-refractivity contribution is -0.116. The van der Waals surface area contributed by atoms with Crippen molar-refractivity contribution in [3.8, 4) is 17.1 Å². The van der Waals surface area contributed by atoms with Gasteiger partial charge in [-0.2, -0.15) is 4.98 Å². The van der Waals surface area contributed by atoms with Gasteiger partial charge >= 0.3 is 0 Å². The molecule has 1 heterocycles. The fourth-order valence-electron chi connectivity index (χ4n) is 2.88. The predicted molar refractivity (Wildman–Crippen MR) is 115 cm³/mol. The summed E-state index contributed by atoms with van der Waals surface area (Å²) in [4.78, 5) is 16.7. The third kappa shape index (κ3) is 6.36. The molecular formula is C23H26FN3O4. The van der Waals surface area contributed by atoms with E-state index in [-0.39, 0.29) is 31.0 Å². The molecule has 31 heavy (non-hydrogen) atoms. The summed E-state index contributed by atoms with van der Waals surface area (Å²) in [7, 11) is 1.56. The molecule has 0 radical (unpaired) electrons. The van der Waals surface area contributed by atoms with Crippen LogP contribution in [0.25, 0.3) is 11.4 Å². The zero-order chi connectivity index (χ0) is 22.2. The number of rotatable bonds is 10. The lowest BCUT2D eigenvalue weighted by atomic mass is 10.0. The minimum Gasteiger partial charge on any atom is -0.489 e. The SMILES string of the molecule is COCCOc1ccc(F)cc1NC(=O)CCc1nc(-c2ccc(C(C)C)cc2)no1. The van der Waals surface area contributed by atoms with Crippen molar-refractivity contribution in [2.24, 2.45) is 0 Å². The Morgan fingerprint density at radius 1 is 1.16 bits per heavy atom. The van der Waals surface area contributed by atoms with Crippen molar-refractivity contribution >= 4 is 11.6 Å². The van der Waals surface area contributed by atoms with Crippen LogP contribution in [0.5, 0.6) is 5.75 Å². The number of nitrogens with one attached hydrogen (secondary N) is 1. The number of hydrogen-bond donors (Lipinski definition) is 1. The zero-order valence-corrected chi connectivity index (χ0v) is 17.9. The van der Waals surface area contributed by atoms with Gasteiger partial charge in [-0.15, -0.1) is 0 Å². The summed E-state index contributed by atoms with van der Waals surface area (Å²) in [5.41, 5.74) is 2.34. The average molecular weight is 427 g/mol. The van der Waals surface area contributed by atoms with Crippen molar-refractivity contribution in [3.05, 3.63) is 59.7 Å². The van der Waals surface area contributed by atoms with Gasteiger partial charge < -0.3 is 19.3 Å². The number of amides is 1. The van der Waals surface area contributed by atoms with E-state index in [1.807, 2.05) is 24.3 Å². The first-order chi connectivity index (χ1) is 15.0. The Kier molecular flexibility index (Phi) is 7.72. The first kappa shape index (κ1) is 22.4. The van der Waals surface area contributed by atoms with E-state index < -0.39 is 5.82 Å². The molecule has 1 amide bonds. The maximum atomic E-state index is 13.6. The largest absolute Gasteiger partial charge is 0.489 e. The molecule has 0 saturated carbocycles. The van der Waals surface area contributed by atoms with Gasteiger partial charge in [0.1, 0.15) is 18.2 Å². The number of carbonyl (C=O) groups excluding carboxylic acids is 1. The second kappa shape index (κ2) is 10.7. The molecule has 3 aromatic rings. The highest BCUT2D eigenvalue weighted by Crippen LogP contribution is 2.26. The van der Waals surface area contributed by atoms with Gasteiger partial charge in [0.2, 0.25) is 17.6 Å². The van der Waals surface area contributed by atoms with E-state index in [1.165, 1.54) is 23.8 Å². The van der Waals surface area contributed by atoms with Crippen LogP contribution in [0.1, 0.15) is 37.6 Å². The van der Waals surface area contributed by atoms with Gasteiger partial charge in [0, 0.05) is 31.6 Å². The Morgan fingerprint density at radius 2 is 1.94 bits per heavy atom. The van der Waals surface area contributed by atoms with Crippen LogP contribution >= 0.6 is 0 Å². The quantitative estimate of drug-likeness (QED) is 0.476. The molecular weight excluding hydrogens is 401 g/mol. The number of benzene rings is 2. The first-order valence-electron chi connectivity index (χ1n) is 10.1. The van der Waals surface area contributed by atoms with Crippen LogP contribution in [0.4, 0.5) is 10.1 Å². The highest BCUT2D eigenvalue weighted by atomic mass is 19.1. The molecule has 0 saturated heterocycles. The van der Waals surface area contributed by atoms with E-state index >= 15 is 0 Å². The van der Waals surface area contributed by atoms with Gasteiger partial charge in [-0.1, -0.05) is 43.3 Å². The molecule has 0 unspecified atom stereocenters. The number of aryl methyl sites for hydroxylation is 1. The maximum absolute atomic E-state index is 13.6. The van der Waals surface area contributed by atoms with Gasteiger partial charge in [0.05, 0.1) is 12.3 Å². The average Bonchev–Trinajstić information content (AvgIpc) is 3.23. The van der Waals surface area contributed by atoms with Crippen LogP contribution in [0.15, 0.2) is 47.0 Å². The monoisotopic (exact) mass is 427 g/mol. The number of nitrogens with zero attached hydrogens (tertiary/aromatic N) is 2. The Hall–Kier alpha value is -3.26. The zero-order valence-electron chi connectivity index (χ0n) is 17.9. The van der Waals surface area contributed by atoms with E-state index in [4.69, 9.17) is 14.0 Å². The van der Waals surface area contributed by atoms with Crippen molar-refractivity contribution < 1.29 is 23.2 Å². The van der Waals surface area contributed by atoms with Crippen LogP contribution < -0.4 is 10.1 Å². The Labute approximate surface area is 180 Å². The molecule has 0 spiro atoms. The fraction of sp³-hybridized carbons (Fsp3) is 0.348. The van der Waals surface area contributed by atoms with Gasteiger partial charge in [0.15, 0.2) is 0 Å². The van der Waals surface area contributed by atoms with Crippen LogP contribution in [0, 0.1) is 5.82 Å². The van der Waals surface area contributed by atoms with Crippen molar-refractivity contribution in [1.29, 1.82) is 0 Å². The highest BCUT2D eigenvalue weighted by molar-refractivity contribution is 5.92. The summed E-state index contributed by atoms with van der Waals surface area (Å²) in [5.74, 6) is 0.857. The second-order valence-electron chi connectivity index (χ2n) is 7.32. The number of carbonyl (C=O) groups is 1. The second-order valence-corrected chi connectivity index (χ2v) is 7.32. The van der Waals surface area contributed by atoms with E-state index in [9.17, 15) is 9.18 Å². The molecule has 0 aliphatic heterocycles. The van der Waals surface area contributed by atoms with Gasteiger partial charge in [-0.3, -0.25) is 4.79 Å². The van der Waals surface area contributed by atoms with Crippen molar-refractivity contribution in [2.75, 3.05) is 25.6 Å². The van der Waals surface area contributed by atoms with Crippen molar-refractivity contribution in [1.82, 2.24) is 10.1 Å². The Balaban J connectivity index is 1.57. The molecule has 7 nitrogen and oxygen atoms in total. The lowest BCUT2D eigenvalue weighted by Gasteiger charge is -2.12. The molecule has 8 heteroatoms. The highest BCUT2D eigenvalue weighted by Gasteiger charge is 2.13. The molecule has 0 aliphatic rings. The number of aromatic nitrogens is 2. The summed E-state index contributed by atoms with van der Waals surface area (Å²) in [5, 5.41) is 6.66. The smallest absolute Gasteiger partial charge is 0.227 e. The molecule has 0 aliphatic carbocycles. The summed E-state index contributed by atoms with van der Waals surface area (Å²) >= 11 is 0. The summed E-state index contributed by atoms with van der Waals surface area (Å²) in [6.07, 6.45) is 0.361. The molecule has 164 valence electrons. The number of hydrogen-bond acceptors (Lipinski definition) is 6. The maximum Gasteiger partial charge on any atom is 0.227 e. The minimum absolute atomic E-state index is 0.0992. The van der Waals surface area contributed by atoms with Crippen LogP contribution in [-0.4, -0.2) is 36.4 Å². The third-order valence-electron chi connectivity index (χ3n) is 4.63. The molecule has 0 bridgehead atoms. The van der Waals surface area contributed by atoms with E-state index in [1.54, 1.807) is 7.11 Å². The van der Waals surface area contributed by atoms with Crippen molar-refractivity contribution in [3.63, 3.8) is 0 Å². The minimum atomic E-state index is -0.473. The Bertz CT molecular complexity index is 1000. The topological polar surface area (TPSA) is 86.5 Å². The molecule has 0 atom stereocenters. The van der Waals surface area contributed by atoms with Crippen LogP contribution in [0.2, 0.25) is 0 Å². The van der Waals surface area contributed by atoms with E-state index in [0.29, 0.717) is 30.0 Å². The molecule has 3 rings (SSSR count). The molecule has 2 aromatic carbocycles. The number of halogens is 1. The normalized spacial score (nSPS) is 11.0. The fourth-order valence-corrected chi connectivity index (χ4v) is 2.88. The van der Waals surface area contributed by atoms with Crippen LogP contribution in [-0.2, 0) is 16.0 Å². The van der Waals surface area contributed by atoms with E-state index in [2.05, 4.69) is 29.3 Å². The molecule has 0 fully saturated rings. The number of anilines is 1. The van der Waals surface area contributed by atoms with Crippen LogP contribution in [0.3, 0.4) is 0 Å². The van der Waals surface area contributed by atoms with Crippen molar-refractivity contribution in [2.45, 2.75) is 32.6 Å². The Morgan fingerprint density at radius 3 is 2.65 bits per heavy atom. The summed E-state index contributed by atoms with van der Waals surface area (Å²) in [6, 6.07) is 11.9. The van der Waals surface area contributed by atoms with E-state index in [0.717, 1.165) is 5.56 Å². The van der Waals surface area contributed by atoms with Gasteiger partial charge in [-0.05, 0) is 23.6 Å². The lowest BCUT2D eigenvalue weighted by Crippen LogP contribution is -2.14.